The number of nitrogens with zero attached hydrogens (tertiary/aromatic N) is 1. The summed E-state index contributed by atoms with van der Waals surface area (Å²) < 4.78 is 47.9. The number of carbonyl (C=O) groups is 1. The first-order valence-corrected chi connectivity index (χ1v) is 11.4. The molecule has 0 N–H and O–H groups in total. The van der Waals surface area contributed by atoms with Crippen molar-refractivity contribution in [3.05, 3.63) is 59.9 Å². The van der Waals surface area contributed by atoms with Crippen LogP contribution in [0.15, 0.2) is 53.4 Å². The van der Waals surface area contributed by atoms with Crippen molar-refractivity contribution in [3.8, 4) is 5.75 Å². The molecule has 0 radical (unpaired) electrons. The number of carbonyl (C=O) groups excluding carboxylic acids is 1. The van der Waals surface area contributed by atoms with Crippen LogP contribution >= 0.6 is 0 Å². The second kappa shape index (κ2) is 10.0. The second-order valence-corrected chi connectivity index (χ2v) is 8.92. The van der Waals surface area contributed by atoms with Crippen molar-refractivity contribution in [3.63, 3.8) is 0 Å². The zero-order chi connectivity index (χ0) is 21.6. The normalized spacial score (nSPS) is 14.6. The van der Waals surface area contributed by atoms with Gasteiger partial charge in [-0.05, 0) is 54.8 Å². The number of halogens is 1. The van der Waals surface area contributed by atoms with Crippen LogP contribution in [0.3, 0.4) is 0 Å². The maximum Gasteiger partial charge on any atom is 0.339 e. The number of methoxy groups -OCH3 is 1. The van der Waals surface area contributed by atoms with E-state index in [1.165, 1.54) is 0 Å². The average Bonchev–Trinajstić information content (AvgIpc) is 3.27. The fraction of sp³-hybridized carbons (Fsp3) is 0.409. The van der Waals surface area contributed by atoms with Crippen LogP contribution in [0.4, 0.5) is 4.39 Å². The molecule has 0 atom stereocenters. The third-order valence-corrected chi connectivity index (χ3v) is 6.45. The Labute approximate surface area is 176 Å². The Hall–Kier alpha value is -2.45. The largest absolute Gasteiger partial charge is 0.383 e. The Kier molecular flexibility index (Phi) is 7.44. The highest BCUT2D eigenvalue weighted by Crippen LogP contribution is 2.27. The summed E-state index contributed by atoms with van der Waals surface area (Å²) in [6.45, 7) is 1.38. The molecule has 162 valence electrons. The lowest BCUT2D eigenvalue weighted by Gasteiger charge is -2.25. The molecule has 6 nitrogen and oxygen atoms in total. The Bertz CT molecular complexity index is 938. The molecule has 0 bridgehead atoms. The van der Waals surface area contributed by atoms with E-state index in [2.05, 4.69) is 0 Å². The summed E-state index contributed by atoms with van der Waals surface area (Å²) >= 11 is 0. The van der Waals surface area contributed by atoms with E-state index >= 15 is 0 Å². The summed E-state index contributed by atoms with van der Waals surface area (Å²) in [5.41, 5.74) is 0.865. The van der Waals surface area contributed by atoms with Crippen molar-refractivity contribution >= 4 is 16.0 Å². The third kappa shape index (κ3) is 5.79. The minimum absolute atomic E-state index is 0.0744. The van der Waals surface area contributed by atoms with Gasteiger partial charge in [0.05, 0.1) is 6.61 Å². The monoisotopic (exact) mass is 435 g/mol. The van der Waals surface area contributed by atoms with Gasteiger partial charge in [0.2, 0.25) is 5.91 Å². The summed E-state index contributed by atoms with van der Waals surface area (Å²) in [5, 5.41) is 0. The third-order valence-electron chi connectivity index (χ3n) is 5.19. The molecular formula is C22H26FNO5S. The van der Waals surface area contributed by atoms with E-state index in [0.29, 0.717) is 19.7 Å². The lowest BCUT2D eigenvalue weighted by molar-refractivity contribution is -0.136. The first-order chi connectivity index (χ1) is 14.4. The van der Waals surface area contributed by atoms with Crippen molar-refractivity contribution in [1.82, 2.24) is 4.90 Å². The molecule has 30 heavy (non-hydrogen) atoms. The molecule has 1 fully saturated rings. The molecule has 1 saturated carbocycles. The number of ether oxygens (including phenoxy) is 1. The minimum Gasteiger partial charge on any atom is -0.383 e. The highest BCUT2D eigenvalue weighted by molar-refractivity contribution is 7.87. The lowest BCUT2D eigenvalue weighted by Crippen LogP contribution is -2.37. The topological polar surface area (TPSA) is 72.9 Å². The van der Waals surface area contributed by atoms with Gasteiger partial charge in [-0.25, -0.2) is 4.39 Å². The first kappa shape index (κ1) is 22.2. The molecule has 3 rings (SSSR count). The van der Waals surface area contributed by atoms with E-state index in [1.807, 2.05) is 0 Å². The number of benzene rings is 2. The standard InChI is InChI=1S/C22H26FNO5S/c1-28-15-14-24(22(25)18-4-2-3-5-18)16-17-6-10-20(11-7-17)29-30(26,27)21-12-8-19(23)9-13-21/h6-13,18H,2-5,14-16H2,1H3. The van der Waals surface area contributed by atoms with E-state index in [4.69, 9.17) is 8.92 Å². The van der Waals surface area contributed by atoms with Crippen molar-refractivity contribution in [2.24, 2.45) is 5.92 Å². The average molecular weight is 436 g/mol. The van der Waals surface area contributed by atoms with Gasteiger partial charge in [0, 0.05) is 26.1 Å². The SMILES string of the molecule is COCCN(Cc1ccc(OS(=O)(=O)c2ccc(F)cc2)cc1)C(=O)C1CCCC1. The molecule has 2 aromatic rings. The van der Waals surface area contributed by atoms with Gasteiger partial charge in [-0.3, -0.25) is 4.79 Å². The predicted octanol–water partition coefficient (Wildman–Crippen LogP) is 3.76. The summed E-state index contributed by atoms with van der Waals surface area (Å²) in [4.78, 5) is 14.5. The van der Waals surface area contributed by atoms with Crippen LogP contribution in [-0.4, -0.2) is 39.5 Å². The van der Waals surface area contributed by atoms with Gasteiger partial charge in [-0.15, -0.1) is 0 Å². The van der Waals surface area contributed by atoms with Crippen LogP contribution in [-0.2, 0) is 26.2 Å². The number of hydrogen-bond donors (Lipinski definition) is 0. The molecule has 0 heterocycles. The van der Waals surface area contributed by atoms with Crippen molar-refractivity contribution < 1.29 is 26.5 Å². The summed E-state index contributed by atoms with van der Waals surface area (Å²) in [5.74, 6) is -0.161. The Balaban J connectivity index is 1.67. The molecule has 0 unspecified atom stereocenters. The van der Waals surface area contributed by atoms with Crippen LogP contribution in [0, 0.1) is 11.7 Å². The van der Waals surface area contributed by atoms with Crippen molar-refractivity contribution in [1.29, 1.82) is 0 Å². The van der Waals surface area contributed by atoms with E-state index in [1.54, 1.807) is 36.3 Å². The molecular weight excluding hydrogens is 409 g/mol. The zero-order valence-corrected chi connectivity index (χ0v) is 17.7. The van der Waals surface area contributed by atoms with Crippen molar-refractivity contribution in [2.75, 3.05) is 20.3 Å². The molecule has 1 aliphatic rings. The van der Waals surface area contributed by atoms with E-state index < -0.39 is 15.9 Å². The maximum absolute atomic E-state index is 13.0. The Morgan fingerprint density at radius 1 is 1.07 bits per heavy atom. The first-order valence-electron chi connectivity index (χ1n) is 9.96. The van der Waals surface area contributed by atoms with E-state index in [0.717, 1.165) is 55.5 Å². The van der Waals surface area contributed by atoms with Gasteiger partial charge in [0.15, 0.2) is 0 Å². The van der Waals surface area contributed by atoms with Crippen LogP contribution in [0.5, 0.6) is 5.75 Å². The quantitative estimate of drug-likeness (QED) is 0.561. The maximum atomic E-state index is 13.0. The number of hydrogen-bond acceptors (Lipinski definition) is 5. The summed E-state index contributed by atoms with van der Waals surface area (Å²) in [6.07, 6.45) is 4.03. The van der Waals surface area contributed by atoms with Crippen LogP contribution in [0.2, 0.25) is 0 Å². The van der Waals surface area contributed by atoms with Gasteiger partial charge in [-0.2, -0.15) is 8.42 Å². The highest BCUT2D eigenvalue weighted by Gasteiger charge is 2.27. The van der Waals surface area contributed by atoms with Gasteiger partial charge in [0.1, 0.15) is 16.5 Å². The van der Waals surface area contributed by atoms with Crippen LogP contribution < -0.4 is 4.18 Å². The molecule has 0 aliphatic heterocycles. The minimum atomic E-state index is -4.05. The molecule has 8 heteroatoms. The molecule has 1 aliphatic carbocycles. The predicted molar refractivity (Wildman–Crippen MR) is 110 cm³/mol. The molecule has 1 amide bonds. The Morgan fingerprint density at radius 2 is 1.70 bits per heavy atom. The number of amides is 1. The molecule has 0 aromatic heterocycles. The van der Waals surface area contributed by atoms with Gasteiger partial charge in [0.25, 0.3) is 0 Å². The van der Waals surface area contributed by atoms with Crippen LogP contribution in [0.1, 0.15) is 31.2 Å². The van der Waals surface area contributed by atoms with Crippen LogP contribution in [0.25, 0.3) is 0 Å². The number of rotatable bonds is 9. The van der Waals surface area contributed by atoms with E-state index in [9.17, 15) is 17.6 Å². The fourth-order valence-corrected chi connectivity index (χ4v) is 4.48. The van der Waals surface area contributed by atoms with Gasteiger partial charge >= 0.3 is 10.1 Å². The molecule has 0 spiro atoms. The Morgan fingerprint density at radius 3 is 2.30 bits per heavy atom. The molecule has 0 saturated heterocycles. The van der Waals surface area contributed by atoms with Crippen molar-refractivity contribution in [2.45, 2.75) is 37.1 Å². The molecule has 2 aromatic carbocycles. The van der Waals surface area contributed by atoms with Gasteiger partial charge < -0.3 is 13.8 Å². The van der Waals surface area contributed by atoms with Gasteiger partial charge in [-0.1, -0.05) is 25.0 Å². The second-order valence-electron chi connectivity index (χ2n) is 7.37. The summed E-state index contributed by atoms with van der Waals surface area (Å²) in [6, 6.07) is 11.0. The smallest absolute Gasteiger partial charge is 0.339 e. The lowest BCUT2D eigenvalue weighted by atomic mass is 10.1. The summed E-state index contributed by atoms with van der Waals surface area (Å²) in [7, 11) is -2.45. The van der Waals surface area contributed by atoms with E-state index in [-0.39, 0.29) is 22.5 Å². The highest BCUT2D eigenvalue weighted by atomic mass is 32.2. The zero-order valence-electron chi connectivity index (χ0n) is 16.9. The fourth-order valence-electron chi connectivity index (χ4n) is 3.55.